The zero-order valence-corrected chi connectivity index (χ0v) is 16.0. The van der Waals surface area contributed by atoms with Crippen molar-refractivity contribution in [1.82, 2.24) is 10.1 Å². The normalized spacial score (nSPS) is 12.6. The van der Waals surface area contributed by atoms with Gasteiger partial charge in [-0.25, -0.2) is 0 Å². The quantitative estimate of drug-likeness (QED) is 0.634. The van der Waals surface area contributed by atoms with Crippen LogP contribution in [0.3, 0.4) is 0 Å². The predicted molar refractivity (Wildman–Crippen MR) is 95.6 cm³/mol. The minimum atomic E-state index is -1.82. The molecule has 0 radical (unpaired) electrons. The number of rotatable bonds is 7. The van der Waals surface area contributed by atoms with Crippen molar-refractivity contribution in [3.63, 3.8) is 0 Å². The molecule has 0 aliphatic heterocycles. The van der Waals surface area contributed by atoms with E-state index in [9.17, 15) is 0 Å². The average molecular weight is 333 g/mol. The summed E-state index contributed by atoms with van der Waals surface area (Å²) in [7, 11) is -1.82. The van der Waals surface area contributed by atoms with E-state index < -0.39 is 8.32 Å². The van der Waals surface area contributed by atoms with Gasteiger partial charge in [-0.3, -0.25) is 0 Å². The van der Waals surface area contributed by atoms with E-state index in [2.05, 4.69) is 63.8 Å². The second kappa shape index (κ2) is 7.40. The molecule has 4 nitrogen and oxygen atoms in total. The van der Waals surface area contributed by atoms with Gasteiger partial charge in [-0.1, -0.05) is 71.0 Å². The van der Waals surface area contributed by atoms with Gasteiger partial charge in [0.2, 0.25) is 20.5 Å². The molecule has 0 aliphatic carbocycles. The Bertz CT molecular complexity index is 570. The van der Waals surface area contributed by atoms with E-state index >= 15 is 0 Å². The lowest BCUT2D eigenvalue weighted by atomic mass is 10.1. The van der Waals surface area contributed by atoms with Crippen LogP contribution in [-0.2, 0) is 11.0 Å². The van der Waals surface area contributed by atoms with Crippen LogP contribution >= 0.6 is 0 Å². The van der Waals surface area contributed by atoms with Gasteiger partial charge in [0.15, 0.2) is 0 Å². The Morgan fingerprint density at radius 3 is 1.96 bits per heavy atom. The molecule has 0 saturated carbocycles. The highest BCUT2D eigenvalue weighted by molar-refractivity contribution is 6.77. The van der Waals surface area contributed by atoms with Gasteiger partial charge in [0, 0.05) is 5.56 Å². The minimum Gasteiger partial charge on any atom is -0.412 e. The van der Waals surface area contributed by atoms with Crippen molar-refractivity contribution < 1.29 is 8.95 Å². The monoisotopic (exact) mass is 332 g/mol. The molecule has 0 spiro atoms. The van der Waals surface area contributed by atoms with E-state index in [1.165, 1.54) is 12.0 Å². The fourth-order valence-electron chi connectivity index (χ4n) is 3.76. The maximum absolute atomic E-state index is 6.62. The number of benzene rings is 1. The summed E-state index contributed by atoms with van der Waals surface area (Å²) < 4.78 is 11.4. The van der Waals surface area contributed by atoms with E-state index in [-0.39, 0.29) is 0 Å². The van der Waals surface area contributed by atoms with Crippen molar-refractivity contribution in [3.05, 3.63) is 36.2 Å². The molecule has 2 rings (SSSR count). The highest BCUT2D eigenvalue weighted by atomic mass is 28.4. The van der Waals surface area contributed by atoms with Crippen LogP contribution in [-0.4, -0.2) is 18.5 Å². The standard InChI is InChI=1S/C18H28N2O2Si/c1-13(2)23(14(3)4,15(5)6)22-11-16-7-9-17(10-8-16)18-19-12-21-20-18/h7-10,12-15H,11H2,1-6H3. The van der Waals surface area contributed by atoms with Crippen molar-refractivity contribution in [1.29, 1.82) is 0 Å². The molecule has 0 saturated heterocycles. The molecule has 0 fully saturated rings. The Morgan fingerprint density at radius 1 is 0.957 bits per heavy atom. The molecular formula is C18H28N2O2Si. The fraction of sp³-hybridized carbons (Fsp3) is 0.556. The second-order valence-corrected chi connectivity index (χ2v) is 12.5. The third-order valence-corrected chi connectivity index (χ3v) is 10.8. The van der Waals surface area contributed by atoms with Gasteiger partial charge in [0.25, 0.3) is 0 Å². The molecule has 0 unspecified atom stereocenters. The zero-order chi connectivity index (χ0) is 17.0. The number of hydrogen-bond donors (Lipinski definition) is 0. The first kappa shape index (κ1) is 17.9. The number of hydrogen-bond acceptors (Lipinski definition) is 4. The third-order valence-electron chi connectivity index (χ3n) is 4.77. The zero-order valence-electron chi connectivity index (χ0n) is 15.0. The first-order chi connectivity index (χ1) is 10.9. The Balaban J connectivity index is 2.12. The molecule has 5 heteroatoms. The lowest BCUT2D eigenvalue weighted by Gasteiger charge is -2.42. The number of aromatic nitrogens is 2. The van der Waals surface area contributed by atoms with Crippen LogP contribution in [0, 0.1) is 0 Å². The van der Waals surface area contributed by atoms with E-state index in [0.717, 1.165) is 5.56 Å². The molecule has 0 amide bonds. The Hall–Kier alpha value is -1.46. The Morgan fingerprint density at radius 2 is 1.52 bits per heavy atom. The minimum absolute atomic E-state index is 0.598. The average Bonchev–Trinajstić information content (AvgIpc) is 3.01. The molecular weight excluding hydrogens is 304 g/mol. The van der Waals surface area contributed by atoms with Crippen molar-refractivity contribution in [2.45, 2.75) is 64.8 Å². The summed E-state index contributed by atoms with van der Waals surface area (Å²) >= 11 is 0. The maximum atomic E-state index is 6.62. The molecule has 1 aromatic carbocycles. The van der Waals surface area contributed by atoms with Crippen molar-refractivity contribution >= 4 is 8.32 Å². The summed E-state index contributed by atoms with van der Waals surface area (Å²) in [6.07, 6.45) is 1.35. The van der Waals surface area contributed by atoms with Gasteiger partial charge >= 0.3 is 0 Å². The molecule has 0 aliphatic rings. The maximum Gasteiger partial charge on any atom is 0.214 e. The predicted octanol–water partition coefficient (Wildman–Crippen LogP) is 5.43. The molecule has 1 heterocycles. The van der Waals surface area contributed by atoms with Gasteiger partial charge < -0.3 is 8.95 Å². The fourth-order valence-corrected chi connectivity index (χ4v) is 9.17. The van der Waals surface area contributed by atoms with Crippen molar-refractivity contribution in [2.75, 3.05) is 0 Å². The third kappa shape index (κ3) is 3.72. The van der Waals surface area contributed by atoms with E-state index in [1.807, 2.05) is 12.1 Å². The first-order valence-corrected chi connectivity index (χ1v) is 10.5. The van der Waals surface area contributed by atoms with Crippen LogP contribution in [0.4, 0.5) is 0 Å². The summed E-state index contributed by atoms with van der Waals surface area (Å²) in [6.45, 7) is 14.5. The summed E-state index contributed by atoms with van der Waals surface area (Å²) in [5.74, 6) is 0.618. The first-order valence-electron chi connectivity index (χ1n) is 8.37. The lowest BCUT2D eigenvalue weighted by molar-refractivity contribution is 0.266. The summed E-state index contributed by atoms with van der Waals surface area (Å²) in [5, 5.41) is 3.86. The van der Waals surface area contributed by atoms with Gasteiger partial charge in [0.05, 0.1) is 6.61 Å². The van der Waals surface area contributed by atoms with Crippen LogP contribution in [0.25, 0.3) is 11.4 Å². The van der Waals surface area contributed by atoms with Gasteiger partial charge in [-0.05, 0) is 22.2 Å². The van der Waals surface area contributed by atoms with Crippen LogP contribution in [0.5, 0.6) is 0 Å². The van der Waals surface area contributed by atoms with Crippen LogP contribution in [0.2, 0.25) is 16.6 Å². The molecule has 126 valence electrons. The summed E-state index contributed by atoms with van der Waals surface area (Å²) in [5.41, 5.74) is 3.95. The van der Waals surface area contributed by atoms with Crippen LogP contribution in [0.1, 0.15) is 47.1 Å². The van der Waals surface area contributed by atoms with Gasteiger partial charge in [-0.2, -0.15) is 4.98 Å². The van der Waals surface area contributed by atoms with E-state index in [4.69, 9.17) is 8.95 Å². The molecule has 23 heavy (non-hydrogen) atoms. The topological polar surface area (TPSA) is 48.2 Å². The van der Waals surface area contributed by atoms with E-state index in [1.54, 1.807) is 0 Å². The summed E-state index contributed by atoms with van der Waals surface area (Å²) in [4.78, 5) is 4.07. The smallest absolute Gasteiger partial charge is 0.214 e. The van der Waals surface area contributed by atoms with Crippen LogP contribution < -0.4 is 0 Å². The molecule has 2 aromatic rings. The summed E-state index contributed by atoms with van der Waals surface area (Å²) in [6, 6.07) is 8.22. The highest BCUT2D eigenvalue weighted by Gasteiger charge is 2.44. The lowest BCUT2D eigenvalue weighted by Crippen LogP contribution is -2.47. The SMILES string of the molecule is CC(C)[Si](OCc1ccc(-c2ncon2)cc1)(C(C)C)C(C)C. The Kier molecular flexibility index (Phi) is 5.76. The molecule has 1 aromatic heterocycles. The van der Waals surface area contributed by atoms with Crippen molar-refractivity contribution in [3.8, 4) is 11.4 Å². The highest BCUT2D eigenvalue weighted by Crippen LogP contribution is 2.42. The molecule has 0 bridgehead atoms. The van der Waals surface area contributed by atoms with Crippen molar-refractivity contribution in [2.24, 2.45) is 0 Å². The Labute approximate surface area is 140 Å². The van der Waals surface area contributed by atoms with Crippen LogP contribution in [0.15, 0.2) is 35.2 Å². The van der Waals surface area contributed by atoms with Gasteiger partial charge in [-0.15, -0.1) is 0 Å². The largest absolute Gasteiger partial charge is 0.412 e. The second-order valence-electron chi connectivity index (χ2n) is 7.06. The molecule has 0 N–H and O–H groups in total. The van der Waals surface area contributed by atoms with E-state index in [0.29, 0.717) is 29.1 Å². The molecule has 0 atom stereocenters. The number of nitrogens with zero attached hydrogens (tertiary/aromatic N) is 2. The van der Waals surface area contributed by atoms with Gasteiger partial charge in [0.1, 0.15) is 0 Å².